The average molecular weight is 320 g/mol. The summed E-state index contributed by atoms with van der Waals surface area (Å²) in [4.78, 5) is 38.5. The van der Waals surface area contributed by atoms with Crippen molar-refractivity contribution in [3.63, 3.8) is 0 Å². The number of carboxylic acids is 1. The summed E-state index contributed by atoms with van der Waals surface area (Å²) in [6, 6.07) is -1.00. The Bertz CT molecular complexity index is 629. The number of aromatic amines is 1. The summed E-state index contributed by atoms with van der Waals surface area (Å²) >= 11 is 0. The summed E-state index contributed by atoms with van der Waals surface area (Å²) in [6.45, 7) is 6.94. The number of aryl methyl sites for hydroxylation is 1. The molecule has 0 radical (unpaired) electrons. The Labute approximate surface area is 136 Å². The van der Waals surface area contributed by atoms with E-state index in [0.29, 0.717) is 23.2 Å². The highest BCUT2D eigenvalue weighted by Crippen LogP contribution is 2.21. The van der Waals surface area contributed by atoms with Crippen molar-refractivity contribution in [3.8, 4) is 0 Å². The first-order chi connectivity index (χ1) is 10.8. The van der Waals surface area contributed by atoms with E-state index in [1.807, 2.05) is 6.92 Å². The van der Waals surface area contributed by atoms with Crippen molar-refractivity contribution >= 4 is 17.7 Å². The first-order valence-corrected chi connectivity index (χ1v) is 7.70. The summed E-state index contributed by atoms with van der Waals surface area (Å²) in [5.41, 5.74) is 2.09. The maximum Gasteiger partial charge on any atom is 0.326 e. The Balaban J connectivity index is 3.14. The lowest BCUT2D eigenvalue weighted by molar-refractivity contribution is -0.139. The summed E-state index contributed by atoms with van der Waals surface area (Å²) in [5.74, 6) is -1.70. The molecular weight excluding hydrogens is 296 g/mol. The van der Waals surface area contributed by atoms with E-state index >= 15 is 0 Å². The maximum absolute atomic E-state index is 12.5. The van der Waals surface area contributed by atoms with Crippen LogP contribution in [0.5, 0.6) is 0 Å². The van der Waals surface area contributed by atoms with Gasteiger partial charge in [-0.3, -0.25) is 9.59 Å². The third-order valence-corrected chi connectivity index (χ3v) is 3.58. The summed E-state index contributed by atoms with van der Waals surface area (Å²) in [5, 5.41) is 11.7. The van der Waals surface area contributed by atoms with Crippen LogP contribution in [0, 0.1) is 6.92 Å². The van der Waals surface area contributed by atoms with Crippen LogP contribution in [0.4, 0.5) is 0 Å². The molecule has 0 saturated heterocycles. The topological polar surface area (TPSA) is 99.3 Å². The van der Waals surface area contributed by atoms with Gasteiger partial charge in [-0.25, -0.2) is 4.79 Å². The molecule has 0 aliphatic carbocycles. The van der Waals surface area contributed by atoms with E-state index in [-0.39, 0.29) is 17.9 Å². The molecule has 1 amide bonds. The Kier molecular flexibility index (Phi) is 6.75. The fourth-order valence-electron chi connectivity index (χ4n) is 2.57. The van der Waals surface area contributed by atoms with Crippen LogP contribution in [0.1, 0.15) is 65.7 Å². The molecule has 0 fully saturated rings. The Hall–Kier alpha value is -2.37. The molecule has 1 unspecified atom stereocenters. The fraction of sp³-hybridized carbons (Fsp3) is 0.471. The summed E-state index contributed by atoms with van der Waals surface area (Å²) in [6.07, 6.45) is 4.98. The van der Waals surface area contributed by atoms with Crippen molar-refractivity contribution in [3.05, 3.63) is 34.7 Å². The lowest BCUT2D eigenvalue weighted by Gasteiger charge is -2.13. The number of amides is 1. The number of nitrogens with one attached hydrogen (secondary N) is 2. The molecule has 6 heteroatoms. The molecule has 1 aromatic rings. The van der Waals surface area contributed by atoms with Crippen LogP contribution in [-0.4, -0.2) is 33.8 Å². The third kappa shape index (κ3) is 4.55. The van der Waals surface area contributed by atoms with Gasteiger partial charge in [-0.05, 0) is 39.2 Å². The Morgan fingerprint density at radius 1 is 1.35 bits per heavy atom. The lowest BCUT2D eigenvalue weighted by Crippen LogP contribution is -2.40. The highest BCUT2D eigenvalue weighted by Gasteiger charge is 2.25. The number of rotatable bonds is 8. The molecule has 0 bridgehead atoms. The molecule has 3 N–H and O–H groups in total. The van der Waals surface area contributed by atoms with Gasteiger partial charge in [0.05, 0.1) is 0 Å². The summed E-state index contributed by atoms with van der Waals surface area (Å²) in [7, 11) is 0. The molecule has 0 spiro atoms. The Morgan fingerprint density at radius 3 is 2.48 bits per heavy atom. The van der Waals surface area contributed by atoms with Crippen LogP contribution in [0.25, 0.3) is 0 Å². The molecule has 0 aliphatic heterocycles. The van der Waals surface area contributed by atoms with Crippen LogP contribution < -0.4 is 5.32 Å². The van der Waals surface area contributed by atoms with Crippen molar-refractivity contribution in [1.82, 2.24) is 10.3 Å². The largest absolute Gasteiger partial charge is 0.480 e. The number of hydrogen-bond donors (Lipinski definition) is 3. The van der Waals surface area contributed by atoms with E-state index < -0.39 is 17.9 Å². The predicted molar refractivity (Wildman–Crippen MR) is 87.9 cm³/mol. The molecule has 126 valence electrons. The van der Waals surface area contributed by atoms with Gasteiger partial charge in [-0.1, -0.05) is 25.5 Å². The SMILES string of the molecule is C/C=C/CC(NC(=O)c1[nH]c(C)c(C(C)=O)c1CCC)C(=O)O. The second-order valence-electron chi connectivity index (χ2n) is 5.45. The number of allylic oxidation sites excluding steroid dienone is 1. The zero-order valence-electron chi connectivity index (χ0n) is 14.0. The molecule has 1 heterocycles. The Morgan fingerprint density at radius 2 is 2.00 bits per heavy atom. The van der Waals surface area contributed by atoms with Gasteiger partial charge in [0.2, 0.25) is 0 Å². The van der Waals surface area contributed by atoms with Crippen molar-refractivity contribution < 1.29 is 19.5 Å². The highest BCUT2D eigenvalue weighted by atomic mass is 16.4. The van der Waals surface area contributed by atoms with Crippen molar-refractivity contribution in [2.45, 2.75) is 53.0 Å². The van der Waals surface area contributed by atoms with Gasteiger partial charge in [0, 0.05) is 11.3 Å². The number of Topliss-reactive ketones (excluding diaryl/α,β-unsaturated/α-hetero) is 1. The number of carbonyl (C=O) groups is 3. The van der Waals surface area contributed by atoms with Crippen molar-refractivity contribution in [1.29, 1.82) is 0 Å². The van der Waals surface area contributed by atoms with Crippen LogP contribution in [0.15, 0.2) is 12.2 Å². The van der Waals surface area contributed by atoms with Gasteiger partial charge >= 0.3 is 5.97 Å². The molecule has 23 heavy (non-hydrogen) atoms. The second-order valence-corrected chi connectivity index (χ2v) is 5.45. The van der Waals surface area contributed by atoms with Crippen molar-refractivity contribution in [2.24, 2.45) is 0 Å². The van der Waals surface area contributed by atoms with Gasteiger partial charge in [-0.2, -0.15) is 0 Å². The minimum atomic E-state index is -1.09. The quantitative estimate of drug-likeness (QED) is 0.506. The first kappa shape index (κ1) is 18.7. The van der Waals surface area contributed by atoms with Gasteiger partial charge in [0.25, 0.3) is 5.91 Å². The minimum Gasteiger partial charge on any atom is -0.480 e. The van der Waals surface area contributed by atoms with E-state index in [9.17, 15) is 19.5 Å². The zero-order valence-corrected chi connectivity index (χ0v) is 14.0. The van der Waals surface area contributed by atoms with Gasteiger partial charge in [-0.15, -0.1) is 0 Å². The lowest BCUT2D eigenvalue weighted by atomic mass is 10.0. The number of H-pyrrole nitrogens is 1. The number of aliphatic carboxylic acids is 1. The van der Waals surface area contributed by atoms with Gasteiger partial charge in [0.15, 0.2) is 5.78 Å². The molecule has 0 aliphatic rings. The second kappa shape index (κ2) is 8.31. The van der Waals surface area contributed by atoms with E-state index in [0.717, 1.165) is 6.42 Å². The van der Waals surface area contributed by atoms with E-state index in [2.05, 4.69) is 10.3 Å². The third-order valence-electron chi connectivity index (χ3n) is 3.58. The standard InChI is InChI=1S/C17H24N2O4/c1-5-7-9-13(17(22)23)19-16(21)15-12(8-6-2)14(11(4)20)10(3)18-15/h5,7,13,18H,6,8-9H2,1-4H3,(H,19,21)(H,22,23)/b7-5+. The molecule has 0 aromatic carbocycles. The molecule has 1 rings (SSSR count). The van der Waals surface area contributed by atoms with E-state index in [1.165, 1.54) is 6.92 Å². The number of carbonyl (C=O) groups excluding carboxylic acids is 2. The highest BCUT2D eigenvalue weighted by molar-refractivity contribution is 6.03. The predicted octanol–water partition coefficient (Wildman–Crippen LogP) is 2.63. The molecule has 1 atom stereocenters. The van der Waals surface area contributed by atoms with Crippen LogP contribution in [0.2, 0.25) is 0 Å². The number of hydrogen-bond acceptors (Lipinski definition) is 3. The fourth-order valence-corrected chi connectivity index (χ4v) is 2.57. The molecule has 6 nitrogen and oxygen atoms in total. The van der Waals surface area contributed by atoms with E-state index in [4.69, 9.17) is 0 Å². The molecular formula is C17H24N2O4. The first-order valence-electron chi connectivity index (χ1n) is 7.70. The van der Waals surface area contributed by atoms with Gasteiger partial charge < -0.3 is 15.4 Å². The van der Waals surface area contributed by atoms with Crippen molar-refractivity contribution in [2.75, 3.05) is 0 Å². The summed E-state index contributed by atoms with van der Waals surface area (Å²) < 4.78 is 0. The maximum atomic E-state index is 12.5. The number of ketones is 1. The monoisotopic (exact) mass is 320 g/mol. The van der Waals surface area contributed by atoms with Crippen LogP contribution in [0.3, 0.4) is 0 Å². The number of carboxylic acid groups (broad SMARTS) is 1. The van der Waals surface area contributed by atoms with Crippen LogP contribution in [-0.2, 0) is 11.2 Å². The van der Waals surface area contributed by atoms with E-state index in [1.54, 1.807) is 26.0 Å². The molecule has 0 saturated carbocycles. The number of aromatic nitrogens is 1. The minimum absolute atomic E-state index is 0.107. The normalized spacial score (nSPS) is 12.3. The smallest absolute Gasteiger partial charge is 0.326 e. The zero-order chi connectivity index (χ0) is 17.6. The van der Waals surface area contributed by atoms with Gasteiger partial charge in [0.1, 0.15) is 11.7 Å². The molecule has 1 aromatic heterocycles. The average Bonchev–Trinajstić information content (AvgIpc) is 2.80. The van der Waals surface area contributed by atoms with Crippen LogP contribution >= 0.6 is 0 Å².